The van der Waals surface area contributed by atoms with E-state index in [4.69, 9.17) is 11.6 Å². The highest BCUT2D eigenvalue weighted by atomic mass is 35.5. The lowest BCUT2D eigenvalue weighted by Gasteiger charge is -2.38. The van der Waals surface area contributed by atoms with Gasteiger partial charge in [-0.25, -0.2) is 0 Å². The van der Waals surface area contributed by atoms with Crippen LogP contribution in [0.1, 0.15) is 44.1 Å². The van der Waals surface area contributed by atoms with Crippen molar-refractivity contribution in [2.45, 2.75) is 56.0 Å². The Hall–Kier alpha value is -1.02. The van der Waals surface area contributed by atoms with Gasteiger partial charge in [-0.1, -0.05) is 30.3 Å². The molecule has 3 heteroatoms. The molecule has 2 aliphatic heterocycles. The average molecular weight is 278 g/mol. The van der Waals surface area contributed by atoms with Crippen LogP contribution in [-0.4, -0.2) is 28.3 Å². The number of hydrogen-bond donors (Lipinski definition) is 0. The first-order chi connectivity index (χ1) is 9.16. The fourth-order valence-corrected chi connectivity index (χ4v) is 3.99. The molecular weight excluding hydrogens is 258 g/mol. The van der Waals surface area contributed by atoms with Crippen LogP contribution in [-0.2, 0) is 4.79 Å². The Bertz CT molecular complexity index is 447. The second kappa shape index (κ2) is 5.16. The van der Waals surface area contributed by atoms with Crippen LogP contribution in [0.25, 0.3) is 0 Å². The molecule has 2 nitrogen and oxygen atoms in total. The van der Waals surface area contributed by atoms with Gasteiger partial charge in [-0.3, -0.25) is 4.79 Å². The van der Waals surface area contributed by atoms with E-state index in [1.807, 2.05) is 37.3 Å². The molecular formula is C16H20ClNO. The van der Waals surface area contributed by atoms with Crippen molar-refractivity contribution in [3.05, 3.63) is 35.9 Å². The number of benzene rings is 1. The predicted octanol–water partition coefficient (Wildman–Crippen LogP) is 3.55. The molecule has 0 radical (unpaired) electrons. The minimum absolute atomic E-state index is 0.0452. The Morgan fingerprint density at radius 2 is 1.79 bits per heavy atom. The normalized spacial score (nSPS) is 31.3. The van der Waals surface area contributed by atoms with Gasteiger partial charge < -0.3 is 4.90 Å². The van der Waals surface area contributed by atoms with Crippen molar-refractivity contribution in [1.29, 1.82) is 0 Å². The largest absolute Gasteiger partial charge is 0.336 e. The fraction of sp³-hybridized carbons (Fsp3) is 0.562. The highest BCUT2D eigenvalue weighted by Crippen LogP contribution is 2.39. The third kappa shape index (κ3) is 2.38. The molecule has 1 aromatic rings. The summed E-state index contributed by atoms with van der Waals surface area (Å²) >= 11 is 6.27. The zero-order valence-corrected chi connectivity index (χ0v) is 12.0. The number of halogens is 1. The smallest absolute Gasteiger partial charge is 0.230 e. The summed E-state index contributed by atoms with van der Waals surface area (Å²) in [4.78, 5) is 14.9. The second-order valence-electron chi connectivity index (χ2n) is 5.83. The maximum atomic E-state index is 12.7. The van der Waals surface area contributed by atoms with Crippen LogP contribution in [0.2, 0.25) is 0 Å². The first-order valence-corrected chi connectivity index (χ1v) is 7.61. The molecule has 19 heavy (non-hydrogen) atoms. The van der Waals surface area contributed by atoms with Crippen LogP contribution in [0.3, 0.4) is 0 Å². The third-order valence-corrected chi connectivity index (χ3v) is 4.96. The molecule has 0 spiro atoms. The lowest BCUT2D eigenvalue weighted by molar-refractivity contribution is -0.136. The summed E-state index contributed by atoms with van der Waals surface area (Å²) in [5.41, 5.74) is 1.11. The van der Waals surface area contributed by atoms with E-state index in [0.717, 1.165) is 31.2 Å². The van der Waals surface area contributed by atoms with Crippen LogP contribution in [0.5, 0.6) is 0 Å². The Balaban J connectivity index is 1.78. The number of amides is 1. The molecule has 2 saturated heterocycles. The number of nitrogens with zero attached hydrogens (tertiary/aromatic N) is 1. The number of carbonyl (C=O) groups excluding carboxylic acids is 1. The van der Waals surface area contributed by atoms with E-state index in [1.54, 1.807) is 0 Å². The van der Waals surface area contributed by atoms with E-state index >= 15 is 0 Å². The minimum atomic E-state index is -0.0452. The van der Waals surface area contributed by atoms with E-state index in [1.165, 1.54) is 0 Å². The molecule has 2 aliphatic rings. The number of fused-ring (bicyclic) bond motifs is 2. The van der Waals surface area contributed by atoms with E-state index in [2.05, 4.69) is 4.90 Å². The van der Waals surface area contributed by atoms with E-state index < -0.39 is 0 Å². The summed E-state index contributed by atoms with van der Waals surface area (Å²) in [6.07, 6.45) is 4.18. The van der Waals surface area contributed by atoms with Gasteiger partial charge in [0.1, 0.15) is 0 Å². The molecule has 0 saturated carbocycles. The van der Waals surface area contributed by atoms with Gasteiger partial charge in [0.2, 0.25) is 5.91 Å². The highest BCUT2D eigenvalue weighted by molar-refractivity contribution is 6.20. The molecule has 2 bridgehead atoms. The van der Waals surface area contributed by atoms with Crippen LogP contribution in [0, 0.1) is 0 Å². The van der Waals surface area contributed by atoms with E-state index in [0.29, 0.717) is 12.1 Å². The zero-order valence-electron chi connectivity index (χ0n) is 11.3. The van der Waals surface area contributed by atoms with Gasteiger partial charge in [0, 0.05) is 17.5 Å². The van der Waals surface area contributed by atoms with Crippen molar-refractivity contribution >= 4 is 17.5 Å². The summed E-state index contributed by atoms with van der Waals surface area (Å²) in [5, 5.41) is 0.258. The summed E-state index contributed by atoms with van der Waals surface area (Å²) < 4.78 is 0. The van der Waals surface area contributed by atoms with Gasteiger partial charge in [0.25, 0.3) is 0 Å². The molecule has 1 aromatic carbocycles. The molecule has 3 rings (SSSR count). The Morgan fingerprint density at radius 3 is 2.37 bits per heavy atom. The van der Waals surface area contributed by atoms with Gasteiger partial charge in [0.15, 0.2) is 0 Å². The fourth-order valence-electron chi connectivity index (χ4n) is 3.58. The molecule has 3 atom stereocenters. The monoisotopic (exact) mass is 277 g/mol. The standard InChI is InChI=1S/C16H20ClNO/c1-11(12-5-3-2-4-6-12)16(19)18-14-7-8-15(18)10-13(17)9-14/h2-6,11,13-15H,7-10H2,1H3. The van der Waals surface area contributed by atoms with E-state index in [9.17, 15) is 4.79 Å². The molecule has 3 unspecified atom stereocenters. The Labute approximate surface area is 119 Å². The molecule has 0 aliphatic carbocycles. The lowest BCUT2D eigenvalue weighted by atomic mass is 9.95. The third-order valence-electron chi connectivity index (χ3n) is 4.60. The van der Waals surface area contributed by atoms with Crippen molar-refractivity contribution in [1.82, 2.24) is 4.90 Å². The first-order valence-electron chi connectivity index (χ1n) is 7.18. The van der Waals surface area contributed by atoms with Gasteiger partial charge in [-0.2, -0.15) is 0 Å². The van der Waals surface area contributed by atoms with Gasteiger partial charge in [-0.15, -0.1) is 11.6 Å². The summed E-state index contributed by atoms with van der Waals surface area (Å²) in [5.74, 6) is 0.235. The average Bonchev–Trinajstić information content (AvgIpc) is 2.70. The van der Waals surface area contributed by atoms with Crippen LogP contribution < -0.4 is 0 Å². The molecule has 0 N–H and O–H groups in total. The van der Waals surface area contributed by atoms with Crippen LogP contribution >= 0.6 is 11.6 Å². The van der Waals surface area contributed by atoms with Crippen molar-refractivity contribution < 1.29 is 4.79 Å². The molecule has 2 fully saturated rings. The number of carbonyl (C=O) groups is 1. The second-order valence-corrected chi connectivity index (χ2v) is 6.45. The maximum Gasteiger partial charge on any atom is 0.230 e. The van der Waals surface area contributed by atoms with Crippen molar-refractivity contribution in [2.75, 3.05) is 0 Å². The SMILES string of the molecule is CC(C(=O)N1C2CCC1CC(Cl)C2)c1ccccc1. The summed E-state index contributed by atoms with van der Waals surface area (Å²) in [6.45, 7) is 2.02. The summed E-state index contributed by atoms with van der Waals surface area (Å²) in [7, 11) is 0. The Morgan fingerprint density at radius 1 is 1.21 bits per heavy atom. The molecule has 102 valence electrons. The van der Waals surface area contributed by atoms with Crippen LogP contribution in [0.4, 0.5) is 0 Å². The lowest BCUT2D eigenvalue weighted by Crippen LogP contribution is -2.48. The minimum Gasteiger partial charge on any atom is -0.336 e. The zero-order chi connectivity index (χ0) is 13.4. The molecule has 1 amide bonds. The number of piperidine rings is 1. The topological polar surface area (TPSA) is 20.3 Å². The first kappa shape index (κ1) is 13.0. The van der Waals surface area contributed by atoms with Crippen LogP contribution in [0.15, 0.2) is 30.3 Å². The van der Waals surface area contributed by atoms with Gasteiger partial charge in [0.05, 0.1) is 5.92 Å². The quantitative estimate of drug-likeness (QED) is 0.757. The van der Waals surface area contributed by atoms with Gasteiger partial charge >= 0.3 is 0 Å². The number of hydrogen-bond acceptors (Lipinski definition) is 1. The maximum absolute atomic E-state index is 12.7. The highest BCUT2D eigenvalue weighted by Gasteiger charge is 2.43. The molecule has 0 aromatic heterocycles. The summed E-state index contributed by atoms with van der Waals surface area (Å²) in [6, 6.07) is 10.8. The number of rotatable bonds is 2. The molecule has 2 heterocycles. The Kier molecular flexibility index (Phi) is 3.53. The van der Waals surface area contributed by atoms with Crippen molar-refractivity contribution in [3.63, 3.8) is 0 Å². The number of alkyl halides is 1. The van der Waals surface area contributed by atoms with E-state index in [-0.39, 0.29) is 17.2 Å². The van der Waals surface area contributed by atoms with Crippen molar-refractivity contribution in [3.8, 4) is 0 Å². The van der Waals surface area contributed by atoms with Gasteiger partial charge in [-0.05, 0) is 38.2 Å². The van der Waals surface area contributed by atoms with Crippen molar-refractivity contribution in [2.24, 2.45) is 0 Å². The predicted molar refractivity (Wildman–Crippen MR) is 77.4 cm³/mol.